The van der Waals surface area contributed by atoms with Crippen LogP contribution in [0.15, 0.2) is 18.2 Å². The first-order chi connectivity index (χ1) is 10.8. The molecule has 23 heavy (non-hydrogen) atoms. The lowest BCUT2D eigenvalue weighted by Crippen LogP contribution is -2.24. The molecular formula is C17H23F3N2O. The van der Waals surface area contributed by atoms with Crippen LogP contribution in [0.1, 0.15) is 45.1 Å². The highest BCUT2D eigenvalue weighted by Gasteiger charge is 2.32. The van der Waals surface area contributed by atoms with Crippen molar-refractivity contribution in [3.8, 4) is 0 Å². The smallest absolute Gasteiger partial charge is 0.370 e. The number of amides is 1. The number of alkyl halides is 3. The van der Waals surface area contributed by atoms with Crippen molar-refractivity contribution in [2.75, 3.05) is 23.3 Å². The molecule has 1 N–H and O–H groups in total. The van der Waals surface area contributed by atoms with E-state index in [4.69, 9.17) is 0 Å². The zero-order chi connectivity index (χ0) is 17.0. The summed E-state index contributed by atoms with van der Waals surface area (Å²) in [5, 5.41) is 2.70. The minimum absolute atomic E-state index is 0.221. The van der Waals surface area contributed by atoms with Crippen LogP contribution in [0.4, 0.5) is 24.5 Å². The first-order valence-corrected chi connectivity index (χ1v) is 8.10. The van der Waals surface area contributed by atoms with Gasteiger partial charge in [-0.2, -0.15) is 13.2 Å². The maximum Gasteiger partial charge on any atom is 0.416 e. The summed E-state index contributed by atoms with van der Waals surface area (Å²) < 4.78 is 38.9. The van der Waals surface area contributed by atoms with Crippen molar-refractivity contribution in [3.05, 3.63) is 23.8 Å². The Balaban J connectivity index is 2.30. The van der Waals surface area contributed by atoms with Gasteiger partial charge < -0.3 is 10.2 Å². The molecule has 1 aromatic carbocycles. The SMILES string of the molecule is CCCC(C)C(=O)Nc1cc(C(F)(F)F)ccc1N1CCCC1. The van der Waals surface area contributed by atoms with Crippen molar-refractivity contribution in [3.63, 3.8) is 0 Å². The van der Waals surface area contributed by atoms with Gasteiger partial charge in [-0.05, 0) is 37.5 Å². The number of rotatable bonds is 5. The Hall–Kier alpha value is -1.72. The Labute approximate surface area is 134 Å². The summed E-state index contributed by atoms with van der Waals surface area (Å²) >= 11 is 0. The second-order valence-electron chi connectivity index (χ2n) is 6.10. The maximum absolute atomic E-state index is 13.0. The third kappa shape index (κ3) is 4.39. The molecule has 2 rings (SSSR count). The van der Waals surface area contributed by atoms with Crippen LogP contribution in [-0.4, -0.2) is 19.0 Å². The van der Waals surface area contributed by atoms with Crippen LogP contribution in [-0.2, 0) is 11.0 Å². The largest absolute Gasteiger partial charge is 0.416 e. The molecular weight excluding hydrogens is 305 g/mol. The normalized spacial score (nSPS) is 16.5. The highest BCUT2D eigenvalue weighted by Crippen LogP contribution is 2.36. The Morgan fingerprint density at radius 3 is 2.52 bits per heavy atom. The van der Waals surface area contributed by atoms with E-state index in [1.807, 2.05) is 11.8 Å². The van der Waals surface area contributed by atoms with E-state index in [0.717, 1.165) is 44.5 Å². The first kappa shape index (κ1) is 17.6. The number of hydrogen-bond acceptors (Lipinski definition) is 2. The van der Waals surface area contributed by atoms with Crippen molar-refractivity contribution in [1.82, 2.24) is 0 Å². The molecule has 6 heteroatoms. The highest BCUT2D eigenvalue weighted by molar-refractivity contribution is 5.95. The predicted molar refractivity (Wildman–Crippen MR) is 85.6 cm³/mol. The van der Waals surface area contributed by atoms with E-state index in [1.54, 1.807) is 6.92 Å². The third-order valence-electron chi connectivity index (χ3n) is 4.20. The van der Waals surface area contributed by atoms with Gasteiger partial charge >= 0.3 is 6.18 Å². The number of halogens is 3. The fourth-order valence-corrected chi connectivity index (χ4v) is 2.87. The Morgan fingerprint density at radius 2 is 1.96 bits per heavy atom. The van der Waals surface area contributed by atoms with Gasteiger partial charge in [0.1, 0.15) is 0 Å². The predicted octanol–water partition coefficient (Wildman–Crippen LogP) is 4.68. The van der Waals surface area contributed by atoms with E-state index >= 15 is 0 Å². The second-order valence-corrected chi connectivity index (χ2v) is 6.10. The molecule has 3 nitrogen and oxygen atoms in total. The van der Waals surface area contributed by atoms with Crippen molar-refractivity contribution in [2.24, 2.45) is 5.92 Å². The average molecular weight is 328 g/mol. The molecule has 0 aromatic heterocycles. The van der Waals surface area contributed by atoms with Crippen molar-refractivity contribution in [1.29, 1.82) is 0 Å². The molecule has 1 fully saturated rings. The van der Waals surface area contributed by atoms with Gasteiger partial charge in [0.15, 0.2) is 0 Å². The molecule has 0 saturated carbocycles. The average Bonchev–Trinajstić information content (AvgIpc) is 3.00. The van der Waals surface area contributed by atoms with Crippen molar-refractivity contribution in [2.45, 2.75) is 45.7 Å². The summed E-state index contributed by atoms with van der Waals surface area (Å²) in [7, 11) is 0. The number of benzene rings is 1. The van der Waals surface area contributed by atoms with E-state index in [1.165, 1.54) is 6.07 Å². The van der Waals surface area contributed by atoms with E-state index in [0.29, 0.717) is 12.1 Å². The molecule has 0 bridgehead atoms. The molecule has 1 heterocycles. The number of carbonyl (C=O) groups is 1. The number of anilines is 2. The Bertz CT molecular complexity index is 551. The van der Waals surface area contributed by atoms with Gasteiger partial charge in [0.05, 0.1) is 16.9 Å². The molecule has 1 atom stereocenters. The number of nitrogens with one attached hydrogen (secondary N) is 1. The molecule has 1 saturated heterocycles. The molecule has 1 aliphatic heterocycles. The van der Waals surface area contributed by atoms with Crippen molar-refractivity contribution < 1.29 is 18.0 Å². The van der Waals surface area contributed by atoms with E-state index < -0.39 is 11.7 Å². The number of carbonyl (C=O) groups excluding carboxylic acids is 1. The Morgan fingerprint density at radius 1 is 1.30 bits per heavy atom. The molecule has 0 radical (unpaired) electrons. The number of hydrogen-bond donors (Lipinski definition) is 1. The monoisotopic (exact) mass is 328 g/mol. The molecule has 0 spiro atoms. The quantitative estimate of drug-likeness (QED) is 0.851. The summed E-state index contributed by atoms with van der Waals surface area (Å²) in [6.45, 7) is 5.38. The zero-order valence-corrected chi connectivity index (χ0v) is 13.5. The van der Waals surface area contributed by atoms with Gasteiger partial charge in [-0.3, -0.25) is 4.79 Å². The molecule has 1 amide bonds. The molecule has 128 valence electrons. The topological polar surface area (TPSA) is 32.3 Å². The van der Waals surface area contributed by atoms with Gasteiger partial charge in [-0.1, -0.05) is 20.3 Å². The summed E-state index contributed by atoms with van der Waals surface area (Å²) in [5.41, 5.74) is 0.195. The third-order valence-corrected chi connectivity index (χ3v) is 4.20. The van der Waals surface area contributed by atoms with Gasteiger partial charge in [0.2, 0.25) is 5.91 Å². The maximum atomic E-state index is 13.0. The van der Waals surface area contributed by atoms with Crippen LogP contribution < -0.4 is 10.2 Å². The van der Waals surface area contributed by atoms with Gasteiger partial charge in [-0.25, -0.2) is 0 Å². The van der Waals surface area contributed by atoms with Gasteiger partial charge in [0, 0.05) is 19.0 Å². The fraction of sp³-hybridized carbons (Fsp3) is 0.588. The minimum Gasteiger partial charge on any atom is -0.370 e. The first-order valence-electron chi connectivity index (χ1n) is 8.10. The molecule has 1 unspecified atom stereocenters. The molecule has 0 aliphatic carbocycles. The van der Waals surface area contributed by atoms with Crippen LogP contribution in [0.2, 0.25) is 0 Å². The van der Waals surface area contributed by atoms with Crippen LogP contribution in [0.3, 0.4) is 0 Å². The summed E-state index contributed by atoms with van der Waals surface area (Å²) in [6, 6.07) is 3.59. The minimum atomic E-state index is -4.42. The van der Waals surface area contributed by atoms with Crippen LogP contribution in [0.25, 0.3) is 0 Å². The fourth-order valence-electron chi connectivity index (χ4n) is 2.87. The zero-order valence-electron chi connectivity index (χ0n) is 13.5. The van der Waals surface area contributed by atoms with E-state index in [2.05, 4.69) is 5.32 Å². The van der Waals surface area contributed by atoms with Crippen LogP contribution in [0.5, 0.6) is 0 Å². The summed E-state index contributed by atoms with van der Waals surface area (Å²) in [6.07, 6.45) is -0.820. The van der Waals surface area contributed by atoms with E-state index in [9.17, 15) is 18.0 Å². The lowest BCUT2D eigenvalue weighted by atomic mass is 10.0. The van der Waals surface area contributed by atoms with Crippen LogP contribution >= 0.6 is 0 Å². The lowest BCUT2D eigenvalue weighted by molar-refractivity contribution is -0.137. The number of nitrogens with zero attached hydrogens (tertiary/aromatic N) is 1. The standard InChI is InChI=1S/C17H23F3N2O/c1-3-6-12(2)16(23)21-14-11-13(17(18,19)20)7-8-15(14)22-9-4-5-10-22/h7-8,11-12H,3-6,9-10H2,1-2H3,(H,21,23). The van der Waals surface area contributed by atoms with Gasteiger partial charge in [-0.15, -0.1) is 0 Å². The van der Waals surface area contributed by atoms with Gasteiger partial charge in [0.25, 0.3) is 0 Å². The Kier molecular flexibility index (Phi) is 5.55. The lowest BCUT2D eigenvalue weighted by Gasteiger charge is -2.23. The summed E-state index contributed by atoms with van der Waals surface area (Å²) in [4.78, 5) is 14.2. The molecule has 1 aliphatic rings. The summed E-state index contributed by atoms with van der Waals surface area (Å²) in [5.74, 6) is -0.451. The van der Waals surface area contributed by atoms with Crippen molar-refractivity contribution >= 4 is 17.3 Å². The highest BCUT2D eigenvalue weighted by atomic mass is 19.4. The second kappa shape index (κ2) is 7.23. The van der Waals surface area contributed by atoms with E-state index in [-0.39, 0.29) is 17.5 Å². The van der Waals surface area contributed by atoms with Crippen LogP contribution in [0, 0.1) is 5.92 Å². The molecule has 1 aromatic rings.